The van der Waals surface area contributed by atoms with Gasteiger partial charge in [0.05, 0.1) is 6.42 Å². The van der Waals surface area contributed by atoms with Crippen LogP contribution in [-0.2, 0) is 38.4 Å². The van der Waals surface area contributed by atoms with E-state index in [2.05, 4.69) is 31.9 Å². The van der Waals surface area contributed by atoms with Gasteiger partial charge >= 0.3 is 11.9 Å². The van der Waals surface area contributed by atoms with E-state index in [9.17, 15) is 48.6 Å². The highest BCUT2D eigenvalue weighted by molar-refractivity contribution is 6.00. The van der Waals surface area contributed by atoms with Gasteiger partial charge in [-0.05, 0) is 40.5 Å². The summed E-state index contributed by atoms with van der Waals surface area (Å²) in [6.07, 6.45) is 0.0740. The highest BCUT2D eigenvalue weighted by Gasteiger charge is 2.37. The summed E-state index contributed by atoms with van der Waals surface area (Å²) in [6.45, 7) is 13.4. The molecular formula is C39H56N6O10. The van der Waals surface area contributed by atoms with Gasteiger partial charge in [0.15, 0.2) is 0 Å². The number of carboxylic acids is 2. The maximum atomic E-state index is 14.3. The van der Waals surface area contributed by atoms with E-state index in [0.717, 1.165) is 0 Å². The average Bonchev–Trinajstić information content (AvgIpc) is 3.13. The Morgan fingerprint density at radius 2 is 1.07 bits per heavy atom. The number of carbonyl (C=O) groups is 8. The molecule has 0 saturated heterocycles. The lowest BCUT2D eigenvalue weighted by atomic mass is 9.94. The summed E-state index contributed by atoms with van der Waals surface area (Å²) in [6, 6.07) is 4.18. The Labute approximate surface area is 321 Å². The van der Waals surface area contributed by atoms with E-state index < -0.39 is 102 Å². The topological polar surface area (TPSA) is 249 Å². The van der Waals surface area contributed by atoms with Gasteiger partial charge in [-0.25, -0.2) is 4.79 Å². The predicted molar refractivity (Wildman–Crippen MR) is 204 cm³/mol. The van der Waals surface area contributed by atoms with Crippen molar-refractivity contribution in [1.82, 2.24) is 31.9 Å². The van der Waals surface area contributed by atoms with Crippen LogP contribution in [0.3, 0.4) is 0 Å². The zero-order valence-electron chi connectivity index (χ0n) is 32.7. The molecule has 302 valence electrons. The number of carboxylic acid groups (broad SMARTS) is 2. The molecule has 0 bridgehead atoms. The maximum absolute atomic E-state index is 14.3. The zero-order chi connectivity index (χ0) is 41.6. The number of amides is 6. The zero-order valence-corrected chi connectivity index (χ0v) is 32.7. The molecule has 8 N–H and O–H groups in total. The van der Waals surface area contributed by atoms with Gasteiger partial charge in [-0.1, -0.05) is 104 Å². The van der Waals surface area contributed by atoms with Crippen molar-refractivity contribution in [2.45, 2.75) is 117 Å². The second-order valence-electron chi connectivity index (χ2n) is 14.1. The third-order valence-electron chi connectivity index (χ3n) is 9.61. The Hall–Kier alpha value is -5.54. The van der Waals surface area contributed by atoms with Crippen molar-refractivity contribution in [2.24, 2.45) is 17.8 Å². The molecule has 0 heterocycles. The maximum Gasteiger partial charge on any atom is 0.326 e. The quantitative estimate of drug-likeness (QED) is 0.0919. The molecule has 0 aliphatic rings. The van der Waals surface area contributed by atoms with Crippen molar-refractivity contribution in [2.75, 3.05) is 0 Å². The van der Waals surface area contributed by atoms with Crippen LogP contribution in [0.25, 0.3) is 10.8 Å². The fourth-order valence-corrected chi connectivity index (χ4v) is 5.91. The Kier molecular flexibility index (Phi) is 17.7. The molecule has 0 radical (unpaired) electrons. The van der Waals surface area contributed by atoms with Crippen molar-refractivity contribution in [1.29, 1.82) is 0 Å². The average molecular weight is 769 g/mol. The predicted octanol–water partition coefficient (Wildman–Crippen LogP) is 2.16. The van der Waals surface area contributed by atoms with Crippen LogP contribution in [0.1, 0.15) is 92.7 Å². The number of nitrogens with one attached hydrogen (secondary N) is 6. The van der Waals surface area contributed by atoms with E-state index in [1.54, 1.807) is 77.1 Å². The number of hydrogen-bond donors (Lipinski definition) is 8. The molecule has 6 amide bonds. The largest absolute Gasteiger partial charge is 0.481 e. The van der Waals surface area contributed by atoms with Gasteiger partial charge in [0.1, 0.15) is 36.3 Å². The third kappa shape index (κ3) is 13.1. The molecule has 16 nitrogen and oxygen atoms in total. The van der Waals surface area contributed by atoms with Crippen LogP contribution >= 0.6 is 0 Å². The van der Waals surface area contributed by atoms with E-state index in [0.29, 0.717) is 29.2 Å². The summed E-state index contributed by atoms with van der Waals surface area (Å²) in [7, 11) is 0. The van der Waals surface area contributed by atoms with Crippen molar-refractivity contribution in [3.05, 3.63) is 48.0 Å². The first-order chi connectivity index (χ1) is 25.9. The van der Waals surface area contributed by atoms with Crippen LogP contribution in [0, 0.1) is 17.8 Å². The fraction of sp³-hybridized carbons (Fsp3) is 0.538. The summed E-state index contributed by atoms with van der Waals surface area (Å²) < 4.78 is 0. The molecule has 3 unspecified atom stereocenters. The van der Waals surface area contributed by atoms with Gasteiger partial charge < -0.3 is 42.1 Å². The highest BCUT2D eigenvalue weighted by Crippen LogP contribution is 2.26. The van der Waals surface area contributed by atoms with Gasteiger partial charge in [-0.15, -0.1) is 0 Å². The SMILES string of the molecule is CCC(NC(=O)[C@H](CC(=O)O)NC(=O)[C@@H](NC(=O)[C@@H](NC(=O)[C@@H](NC(=O)[C@@H](NC(C)=O)C(C)CC)C(C)C)C(C)CC)c1cccc2ccccc12)C(=O)O. The molecule has 0 fully saturated rings. The molecule has 0 aliphatic carbocycles. The molecule has 16 heteroatoms. The van der Waals surface area contributed by atoms with Crippen molar-refractivity contribution < 1.29 is 48.6 Å². The van der Waals surface area contributed by atoms with E-state index in [1.165, 1.54) is 13.8 Å². The monoisotopic (exact) mass is 768 g/mol. The number of hydrogen-bond acceptors (Lipinski definition) is 8. The van der Waals surface area contributed by atoms with Crippen molar-refractivity contribution in [3.63, 3.8) is 0 Å². The summed E-state index contributed by atoms with van der Waals surface area (Å²) in [5, 5.41) is 35.8. The van der Waals surface area contributed by atoms with E-state index in [1.807, 2.05) is 6.92 Å². The standard InChI is InChI=1S/C39H56N6O10/c1-9-21(6)31(40-23(8)46)36(51)43-30(20(4)5)35(50)44-32(22(7)10-2)37(52)45-33(26-18-14-16-24-15-12-13-17-25(24)26)38(53)42-28(19-29(47)48)34(49)41-27(11-3)39(54)55/h12-18,20-22,27-28,30-33H,9-11,19H2,1-8H3,(H,40,46)(H,41,49)(H,42,53)(H,43,51)(H,44,50)(H,45,52)(H,47,48)(H,54,55)/t21?,22?,27?,28-,30-,31-,32-,33-/m0/s1. The Morgan fingerprint density at radius 1 is 0.564 bits per heavy atom. The van der Waals surface area contributed by atoms with Gasteiger partial charge in [-0.3, -0.25) is 33.6 Å². The molecule has 2 aromatic carbocycles. The normalized spacial score (nSPS) is 15.5. The minimum atomic E-state index is -1.72. The van der Waals surface area contributed by atoms with Crippen LogP contribution < -0.4 is 31.9 Å². The van der Waals surface area contributed by atoms with Gasteiger partial charge in [0, 0.05) is 6.92 Å². The molecule has 0 saturated carbocycles. The Balaban J connectivity index is 2.54. The fourth-order valence-electron chi connectivity index (χ4n) is 5.91. The lowest BCUT2D eigenvalue weighted by Gasteiger charge is -2.31. The molecule has 2 aromatic rings. The van der Waals surface area contributed by atoms with E-state index >= 15 is 0 Å². The molecule has 0 aromatic heterocycles. The lowest BCUT2D eigenvalue weighted by Crippen LogP contribution is -2.60. The van der Waals surface area contributed by atoms with Crippen LogP contribution in [-0.4, -0.2) is 87.8 Å². The number of fused-ring (bicyclic) bond motifs is 1. The third-order valence-corrected chi connectivity index (χ3v) is 9.61. The Bertz CT molecular complexity index is 1710. The number of aliphatic carboxylic acids is 2. The van der Waals surface area contributed by atoms with Crippen molar-refractivity contribution >= 4 is 58.2 Å². The number of carbonyl (C=O) groups excluding carboxylic acids is 6. The van der Waals surface area contributed by atoms with Gasteiger partial charge in [0.25, 0.3) is 0 Å². The number of rotatable bonds is 21. The van der Waals surface area contributed by atoms with Gasteiger partial charge in [-0.2, -0.15) is 0 Å². The van der Waals surface area contributed by atoms with Gasteiger partial charge in [0.2, 0.25) is 35.4 Å². The van der Waals surface area contributed by atoms with Crippen molar-refractivity contribution in [3.8, 4) is 0 Å². The molecular weight excluding hydrogens is 712 g/mol. The first-order valence-corrected chi connectivity index (χ1v) is 18.6. The summed E-state index contributed by atoms with van der Waals surface area (Å²) in [5.74, 6) is -8.44. The van der Waals surface area contributed by atoms with E-state index in [4.69, 9.17) is 0 Å². The Morgan fingerprint density at radius 3 is 1.60 bits per heavy atom. The molecule has 55 heavy (non-hydrogen) atoms. The summed E-state index contributed by atoms with van der Waals surface area (Å²) in [4.78, 5) is 104. The van der Waals surface area contributed by atoms with Crippen LogP contribution in [0.5, 0.6) is 0 Å². The molecule has 0 aliphatic heterocycles. The number of benzene rings is 2. The lowest BCUT2D eigenvalue weighted by molar-refractivity contribution is -0.143. The minimum absolute atomic E-state index is 0.0126. The summed E-state index contributed by atoms with van der Waals surface area (Å²) >= 11 is 0. The molecule has 0 spiro atoms. The smallest absolute Gasteiger partial charge is 0.326 e. The molecule has 8 atom stereocenters. The first-order valence-electron chi connectivity index (χ1n) is 18.6. The second-order valence-corrected chi connectivity index (χ2v) is 14.1. The van der Waals surface area contributed by atoms with Crippen LogP contribution in [0.15, 0.2) is 42.5 Å². The minimum Gasteiger partial charge on any atom is -0.481 e. The van der Waals surface area contributed by atoms with E-state index in [-0.39, 0.29) is 12.3 Å². The summed E-state index contributed by atoms with van der Waals surface area (Å²) in [5.41, 5.74) is 0.297. The second kappa shape index (κ2) is 21.4. The highest BCUT2D eigenvalue weighted by atomic mass is 16.4. The van der Waals surface area contributed by atoms with Crippen LogP contribution in [0.4, 0.5) is 0 Å². The molecule has 2 rings (SSSR count). The van der Waals surface area contributed by atoms with Crippen LogP contribution in [0.2, 0.25) is 0 Å². The first kappa shape index (κ1) is 45.6.